The van der Waals surface area contributed by atoms with E-state index >= 15 is 0 Å². The molecule has 0 radical (unpaired) electrons. The summed E-state index contributed by atoms with van der Waals surface area (Å²) >= 11 is 0. The molecular weight excluding hydrogens is 483 g/mol. The van der Waals surface area contributed by atoms with Gasteiger partial charge in [0.1, 0.15) is 0 Å². The summed E-state index contributed by atoms with van der Waals surface area (Å²) in [5.74, 6) is -13.5. The molecule has 1 aliphatic carbocycles. The van der Waals surface area contributed by atoms with Crippen molar-refractivity contribution < 1.29 is 48.5 Å². The van der Waals surface area contributed by atoms with E-state index in [-0.39, 0.29) is 6.42 Å². The number of oxime groups is 1. The van der Waals surface area contributed by atoms with Crippen LogP contribution in [0.1, 0.15) is 23.1 Å². The summed E-state index contributed by atoms with van der Waals surface area (Å²) in [6.07, 6.45) is -6.89. The molecule has 0 amide bonds. The Morgan fingerprint density at radius 2 is 1.61 bits per heavy atom. The van der Waals surface area contributed by atoms with Crippen LogP contribution in [0.4, 0.5) is 30.7 Å². The summed E-state index contributed by atoms with van der Waals surface area (Å²) < 4.78 is 122. The van der Waals surface area contributed by atoms with Gasteiger partial charge in [-0.25, -0.2) is 0 Å². The fourth-order valence-electron chi connectivity index (χ4n) is 3.28. The summed E-state index contributed by atoms with van der Waals surface area (Å²) in [5, 5.41) is 11.2. The predicted octanol–water partition coefficient (Wildman–Crippen LogP) is 4.52. The molecule has 2 aromatic rings. The van der Waals surface area contributed by atoms with E-state index < -0.39 is 58.2 Å². The van der Waals surface area contributed by atoms with Crippen LogP contribution in [0, 0.1) is 0 Å². The first kappa shape index (κ1) is 25.0. The van der Waals surface area contributed by atoms with Crippen LogP contribution in [0.2, 0.25) is 0 Å². The first-order valence-electron chi connectivity index (χ1n) is 9.36. The summed E-state index contributed by atoms with van der Waals surface area (Å²) in [5.41, 5.74) is -0.665. The highest BCUT2D eigenvalue weighted by Crippen LogP contribution is 2.48. The Labute approximate surface area is 183 Å². The zero-order chi connectivity index (χ0) is 24.7. The van der Waals surface area contributed by atoms with Crippen LogP contribution in [0.5, 0.6) is 0 Å². The number of hydrogen-bond donors (Lipinski definition) is 1. The van der Waals surface area contributed by atoms with Gasteiger partial charge in [-0.3, -0.25) is 4.28 Å². The molecule has 0 aliphatic heterocycles. The van der Waals surface area contributed by atoms with Gasteiger partial charge in [0.05, 0.1) is 5.75 Å². The molecule has 0 aromatic heterocycles. The maximum Gasteiger partial charge on any atom is 0.460 e. The minimum atomic E-state index is -6.67. The summed E-state index contributed by atoms with van der Waals surface area (Å²) in [7, 11) is -4.75. The predicted molar refractivity (Wildman–Crippen MR) is 104 cm³/mol. The molecule has 13 heteroatoms. The Kier molecular flexibility index (Phi) is 6.50. The summed E-state index contributed by atoms with van der Waals surface area (Å²) in [4.78, 5) is 0. The van der Waals surface area contributed by atoms with Gasteiger partial charge in [-0.15, -0.1) is 0 Å². The average molecular weight is 499 g/mol. The Morgan fingerprint density at radius 1 is 0.970 bits per heavy atom. The molecule has 0 heterocycles. The van der Waals surface area contributed by atoms with Crippen molar-refractivity contribution >= 4 is 15.8 Å². The topological polar surface area (TPSA) is 76.0 Å². The molecule has 1 N–H and O–H groups in total. The lowest BCUT2D eigenvalue weighted by Gasteiger charge is -2.28. The Morgan fingerprint density at radius 3 is 2.24 bits per heavy atom. The van der Waals surface area contributed by atoms with Crippen molar-refractivity contribution in [3.63, 3.8) is 0 Å². The Bertz CT molecular complexity index is 1180. The molecule has 0 atom stereocenters. The lowest BCUT2D eigenvalue weighted by molar-refractivity contribution is -0.336. The quantitative estimate of drug-likeness (QED) is 0.281. The van der Waals surface area contributed by atoms with Gasteiger partial charge in [0.2, 0.25) is 0 Å². The highest BCUT2D eigenvalue weighted by Gasteiger charge is 2.75. The molecule has 0 spiro atoms. The number of aliphatic hydroxyl groups is 1. The number of hydrogen-bond acceptors (Lipinski definition) is 5. The van der Waals surface area contributed by atoms with Crippen LogP contribution < -0.4 is 0 Å². The van der Waals surface area contributed by atoms with E-state index in [1.54, 1.807) is 24.3 Å². The molecule has 3 rings (SSSR count). The van der Waals surface area contributed by atoms with Crippen LogP contribution >= 0.6 is 0 Å². The molecule has 0 fully saturated rings. The fourth-order valence-corrected chi connectivity index (χ4v) is 4.03. The van der Waals surface area contributed by atoms with Crippen molar-refractivity contribution in [2.45, 2.75) is 30.9 Å². The van der Waals surface area contributed by atoms with E-state index in [2.05, 4.69) is 9.44 Å². The summed E-state index contributed by atoms with van der Waals surface area (Å²) in [6.45, 7) is -0.632. The Balaban J connectivity index is 2.10. The molecule has 0 unspecified atom stereocenters. The van der Waals surface area contributed by atoms with Crippen molar-refractivity contribution in [3.05, 3.63) is 59.2 Å². The van der Waals surface area contributed by atoms with Crippen LogP contribution in [0.25, 0.3) is 11.1 Å². The maximum atomic E-state index is 14.6. The molecule has 2 aromatic carbocycles. The SMILES string of the molecule is O=S(=O)(CCCO)O/N=C(\c1ccc2c(c1)Cc1ccccc1-2)C(F)(F)C(F)(F)C(F)(F)F. The van der Waals surface area contributed by atoms with Crippen molar-refractivity contribution in [3.8, 4) is 11.1 Å². The van der Waals surface area contributed by atoms with Crippen molar-refractivity contribution in [1.82, 2.24) is 0 Å². The van der Waals surface area contributed by atoms with E-state index in [9.17, 15) is 39.2 Å². The number of fused-ring (bicyclic) bond motifs is 3. The molecule has 180 valence electrons. The summed E-state index contributed by atoms with van der Waals surface area (Å²) in [6, 6.07) is 9.89. The zero-order valence-electron chi connectivity index (χ0n) is 16.5. The second-order valence-corrected chi connectivity index (χ2v) is 8.88. The minimum absolute atomic E-state index is 0.184. The van der Waals surface area contributed by atoms with Crippen LogP contribution in [-0.4, -0.2) is 49.6 Å². The number of alkyl halides is 7. The van der Waals surface area contributed by atoms with Crippen molar-refractivity contribution in [1.29, 1.82) is 0 Å². The van der Waals surface area contributed by atoms with Gasteiger partial charge in [0.15, 0.2) is 5.71 Å². The lowest BCUT2D eigenvalue weighted by atomic mass is 9.95. The second kappa shape index (κ2) is 8.60. The lowest BCUT2D eigenvalue weighted by Crippen LogP contribution is -2.56. The molecule has 0 saturated carbocycles. The monoisotopic (exact) mass is 499 g/mol. The molecule has 0 bridgehead atoms. The third-order valence-electron chi connectivity index (χ3n) is 4.91. The molecule has 5 nitrogen and oxygen atoms in total. The van der Waals surface area contributed by atoms with Gasteiger partial charge < -0.3 is 5.11 Å². The van der Waals surface area contributed by atoms with Gasteiger partial charge in [0, 0.05) is 12.2 Å². The van der Waals surface area contributed by atoms with E-state index in [0.717, 1.165) is 23.3 Å². The van der Waals surface area contributed by atoms with Crippen LogP contribution in [-0.2, 0) is 20.8 Å². The standard InChI is InChI=1S/C20H16F7NO4S/c21-18(22,19(23,24)20(25,26)27)17(28-32-33(30,31)9-3-8-29)13-6-7-16-14(11-13)10-12-4-1-2-5-15(12)16/h1-2,4-7,11,29H,3,8-10H2/b28-17+. The van der Waals surface area contributed by atoms with E-state index in [4.69, 9.17) is 5.11 Å². The normalized spacial score (nSPS) is 14.7. The van der Waals surface area contributed by atoms with Gasteiger partial charge >= 0.3 is 28.1 Å². The second-order valence-electron chi connectivity index (χ2n) is 7.21. The highest BCUT2D eigenvalue weighted by molar-refractivity contribution is 7.86. The Hall–Kier alpha value is -2.67. The average Bonchev–Trinajstić information content (AvgIpc) is 3.09. The highest BCUT2D eigenvalue weighted by atomic mass is 32.2. The molecule has 0 saturated heterocycles. The van der Waals surface area contributed by atoms with Gasteiger partial charge in [-0.05, 0) is 41.2 Å². The third-order valence-corrected chi connectivity index (χ3v) is 6.00. The number of rotatable bonds is 8. The van der Waals surface area contributed by atoms with Crippen molar-refractivity contribution in [2.75, 3.05) is 12.4 Å². The van der Waals surface area contributed by atoms with Gasteiger partial charge in [0.25, 0.3) is 0 Å². The van der Waals surface area contributed by atoms with E-state index in [1.165, 1.54) is 6.07 Å². The fraction of sp³-hybridized carbons (Fsp3) is 0.350. The number of benzene rings is 2. The first-order chi connectivity index (χ1) is 15.2. The maximum absolute atomic E-state index is 14.6. The smallest absolute Gasteiger partial charge is 0.396 e. The minimum Gasteiger partial charge on any atom is -0.396 e. The zero-order valence-corrected chi connectivity index (χ0v) is 17.4. The number of aliphatic hydroxyl groups excluding tert-OH is 1. The number of nitrogens with zero attached hydrogens (tertiary/aromatic N) is 1. The first-order valence-corrected chi connectivity index (χ1v) is 10.9. The molecule has 1 aliphatic rings. The third kappa shape index (κ3) is 4.69. The van der Waals surface area contributed by atoms with Crippen LogP contribution in [0.15, 0.2) is 47.6 Å². The molecular formula is C20H16F7NO4S. The molecule has 33 heavy (non-hydrogen) atoms. The van der Waals surface area contributed by atoms with E-state index in [1.807, 2.05) is 0 Å². The van der Waals surface area contributed by atoms with E-state index in [0.29, 0.717) is 11.1 Å². The number of halogens is 7. The van der Waals surface area contributed by atoms with Gasteiger partial charge in [-0.2, -0.15) is 39.2 Å². The van der Waals surface area contributed by atoms with Crippen molar-refractivity contribution in [2.24, 2.45) is 5.16 Å². The van der Waals surface area contributed by atoms with Gasteiger partial charge in [-0.1, -0.05) is 41.6 Å². The largest absolute Gasteiger partial charge is 0.460 e. The van der Waals surface area contributed by atoms with Crippen LogP contribution in [0.3, 0.4) is 0 Å².